The highest BCUT2D eigenvalue weighted by molar-refractivity contribution is 6.02. The first-order chi connectivity index (χ1) is 12.1. The number of halogens is 4. The minimum Gasteiger partial charge on any atom is -0.478 e. The summed E-state index contributed by atoms with van der Waals surface area (Å²) in [6, 6.07) is 6.94. The Balaban J connectivity index is 2.49. The van der Waals surface area contributed by atoms with Crippen molar-refractivity contribution in [3.05, 3.63) is 59.2 Å². The second-order valence-corrected chi connectivity index (χ2v) is 6.12. The van der Waals surface area contributed by atoms with Crippen LogP contribution < -0.4 is 0 Å². The molecule has 0 aliphatic heterocycles. The van der Waals surface area contributed by atoms with Gasteiger partial charge in [-0.15, -0.1) is 0 Å². The van der Waals surface area contributed by atoms with E-state index in [1.54, 1.807) is 13.8 Å². The number of aromatic carboxylic acids is 1. The second kappa shape index (κ2) is 6.12. The topological polar surface area (TPSA) is 54.6 Å². The van der Waals surface area contributed by atoms with E-state index in [2.05, 4.69) is 5.10 Å². The molecule has 0 bridgehead atoms. The molecule has 0 amide bonds. The van der Waals surface area contributed by atoms with Crippen LogP contribution in [0.3, 0.4) is 0 Å². The lowest BCUT2D eigenvalue weighted by Crippen LogP contribution is -2.16. The molecule has 4 nitrogen and oxygen atoms in total. The number of fused-ring (bicyclic) bond motifs is 1. The molecule has 136 valence electrons. The standard InChI is InChI=1S/C18H14F4N2O2/c1-9(2)16-15(17(25)26)14(10-3-5-11(19)6-4-10)12-7-8-13(18(20,21)22)24(12)23-16/h3-9H,1-2H3,(H,25,26). The maximum Gasteiger partial charge on any atom is 0.433 e. The van der Waals surface area contributed by atoms with E-state index in [0.717, 1.165) is 18.2 Å². The van der Waals surface area contributed by atoms with Crippen LogP contribution in [0.4, 0.5) is 17.6 Å². The molecule has 0 saturated heterocycles. The second-order valence-electron chi connectivity index (χ2n) is 6.12. The number of carboxylic acids is 1. The first-order valence-electron chi connectivity index (χ1n) is 7.73. The highest BCUT2D eigenvalue weighted by Gasteiger charge is 2.36. The van der Waals surface area contributed by atoms with E-state index >= 15 is 0 Å². The molecule has 8 heteroatoms. The summed E-state index contributed by atoms with van der Waals surface area (Å²) in [6.07, 6.45) is -4.65. The van der Waals surface area contributed by atoms with Crippen LogP contribution in [0.15, 0.2) is 36.4 Å². The van der Waals surface area contributed by atoms with E-state index in [-0.39, 0.29) is 22.3 Å². The molecule has 0 atom stereocenters. The van der Waals surface area contributed by atoms with Gasteiger partial charge in [-0.1, -0.05) is 26.0 Å². The molecule has 0 saturated carbocycles. The van der Waals surface area contributed by atoms with E-state index in [1.165, 1.54) is 18.2 Å². The maximum absolute atomic E-state index is 13.3. The quantitative estimate of drug-likeness (QED) is 0.665. The molecule has 0 fully saturated rings. The van der Waals surface area contributed by atoms with Crippen molar-refractivity contribution in [3.8, 4) is 11.1 Å². The summed E-state index contributed by atoms with van der Waals surface area (Å²) in [7, 11) is 0. The number of hydrogen-bond acceptors (Lipinski definition) is 2. The predicted octanol–water partition coefficient (Wildman–Crippen LogP) is 4.98. The van der Waals surface area contributed by atoms with Crippen molar-refractivity contribution in [2.24, 2.45) is 0 Å². The average molecular weight is 366 g/mol. The van der Waals surface area contributed by atoms with Crippen LogP contribution in [-0.4, -0.2) is 20.7 Å². The van der Waals surface area contributed by atoms with Gasteiger partial charge in [0.25, 0.3) is 0 Å². The van der Waals surface area contributed by atoms with E-state index in [0.29, 0.717) is 10.1 Å². The van der Waals surface area contributed by atoms with Gasteiger partial charge in [-0.25, -0.2) is 13.7 Å². The molecule has 0 spiro atoms. The van der Waals surface area contributed by atoms with Crippen LogP contribution in [-0.2, 0) is 6.18 Å². The Morgan fingerprint density at radius 3 is 2.23 bits per heavy atom. The largest absolute Gasteiger partial charge is 0.478 e. The molecule has 0 aliphatic rings. The molecule has 3 rings (SSSR count). The molecule has 0 aliphatic carbocycles. The van der Waals surface area contributed by atoms with Crippen LogP contribution in [0.2, 0.25) is 0 Å². The van der Waals surface area contributed by atoms with Crippen molar-refractivity contribution in [2.45, 2.75) is 25.9 Å². The van der Waals surface area contributed by atoms with Crippen molar-refractivity contribution in [3.63, 3.8) is 0 Å². The van der Waals surface area contributed by atoms with E-state index in [9.17, 15) is 27.5 Å². The summed E-state index contributed by atoms with van der Waals surface area (Å²) in [5.41, 5.74) is -0.811. The molecule has 2 heterocycles. The van der Waals surface area contributed by atoms with Gasteiger partial charge in [0.2, 0.25) is 0 Å². The van der Waals surface area contributed by atoms with Crippen molar-refractivity contribution in [1.82, 2.24) is 9.61 Å². The molecule has 2 aromatic heterocycles. The predicted molar refractivity (Wildman–Crippen MR) is 86.6 cm³/mol. The fraction of sp³-hybridized carbons (Fsp3) is 0.222. The van der Waals surface area contributed by atoms with E-state index in [4.69, 9.17) is 0 Å². The summed E-state index contributed by atoms with van der Waals surface area (Å²) < 4.78 is 53.9. The van der Waals surface area contributed by atoms with Gasteiger partial charge in [0.15, 0.2) is 0 Å². The Morgan fingerprint density at radius 1 is 1.12 bits per heavy atom. The van der Waals surface area contributed by atoms with Crippen LogP contribution in [0.5, 0.6) is 0 Å². The van der Waals surface area contributed by atoms with Gasteiger partial charge in [-0.05, 0) is 35.7 Å². The smallest absolute Gasteiger partial charge is 0.433 e. The first-order valence-corrected chi connectivity index (χ1v) is 7.73. The van der Waals surface area contributed by atoms with E-state index in [1.807, 2.05) is 0 Å². The Bertz CT molecular complexity index is 989. The van der Waals surface area contributed by atoms with Gasteiger partial charge in [-0.2, -0.15) is 18.3 Å². The number of benzene rings is 1. The molecular formula is C18H14F4N2O2. The fourth-order valence-electron chi connectivity index (χ4n) is 2.88. The number of nitrogens with zero attached hydrogens (tertiary/aromatic N) is 2. The SMILES string of the molecule is CC(C)c1nn2c(C(F)(F)F)ccc2c(-c2ccc(F)cc2)c1C(=O)O. The number of carbonyl (C=O) groups is 1. The van der Waals surface area contributed by atoms with Crippen molar-refractivity contribution in [1.29, 1.82) is 0 Å². The molecule has 0 radical (unpaired) electrons. The lowest BCUT2D eigenvalue weighted by molar-refractivity contribution is -0.142. The summed E-state index contributed by atoms with van der Waals surface area (Å²) in [6.45, 7) is 3.29. The van der Waals surface area contributed by atoms with Gasteiger partial charge >= 0.3 is 12.1 Å². The number of aromatic nitrogens is 2. The third-order valence-electron chi connectivity index (χ3n) is 4.01. The zero-order chi connectivity index (χ0) is 19.2. The zero-order valence-corrected chi connectivity index (χ0v) is 13.8. The van der Waals surface area contributed by atoms with Gasteiger partial charge in [0.05, 0.1) is 16.8 Å². The van der Waals surface area contributed by atoms with Crippen molar-refractivity contribution >= 4 is 11.5 Å². The van der Waals surface area contributed by atoms with Crippen LogP contribution >= 0.6 is 0 Å². The molecule has 3 aromatic rings. The van der Waals surface area contributed by atoms with Gasteiger partial charge in [-0.3, -0.25) is 0 Å². The summed E-state index contributed by atoms with van der Waals surface area (Å²) in [5, 5.41) is 13.7. The number of alkyl halides is 3. The Kier molecular flexibility index (Phi) is 4.21. The number of carboxylic acid groups (broad SMARTS) is 1. The first kappa shape index (κ1) is 17.9. The lowest BCUT2D eigenvalue weighted by atomic mass is 9.94. The average Bonchev–Trinajstić information content (AvgIpc) is 2.97. The highest BCUT2D eigenvalue weighted by atomic mass is 19.4. The summed E-state index contributed by atoms with van der Waals surface area (Å²) in [5.74, 6) is -2.28. The third kappa shape index (κ3) is 2.91. The van der Waals surface area contributed by atoms with Crippen molar-refractivity contribution in [2.75, 3.05) is 0 Å². The Labute approximate surface area is 145 Å². The normalized spacial score (nSPS) is 12.1. The third-order valence-corrected chi connectivity index (χ3v) is 4.01. The number of rotatable bonds is 3. The zero-order valence-electron chi connectivity index (χ0n) is 13.8. The Morgan fingerprint density at radius 2 is 1.73 bits per heavy atom. The van der Waals surface area contributed by atoms with E-state index < -0.39 is 29.6 Å². The maximum atomic E-state index is 13.3. The van der Waals surface area contributed by atoms with Gasteiger partial charge in [0.1, 0.15) is 11.5 Å². The molecular weight excluding hydrogens is 352 g/mol. The van der Waals surface area contributed by atoms with Crippen LogP contribution in [0.25, 0.3) is 16.6 Å². The molecule has 1 N–H and O–H groups in total. The molecule has 0 unspecified atom stereocenters. The van der Waals surface area contributed by atoms with Gasteiger partial charge in [0, 0.05) is 5.56 Å². The summed E-state index contributed by atoms with van der Waals surface area (Å²) >= 11 is 0. The number of hydrogen-bond donors (Lipinski definition) is 1. The Hall–Kier alpha value is -2.90. The van der Waals surface area contributed by atoms with Crippen LogP contribution in [0.1, 0.15) is 41.5 Å². The molecule has 1 aromatic carbocycles. The summed E-state index contributed by atoms with van der Waals surface area (Å²) in [4.78, 5) is 11.9. The van der Waals surface area contributed by atoms with Crippen molar-refractivity contribution < 1.29 is 27.5 Å². The van der Waals surface area contributed by atoms with Gasteiger partial charge < -0.3 is 5.11 Å². The monoisotopic (exact) mass is 366 g/mol. The van der Waals surface area contributed by atoms with Crippen LogP contribution in [0, 0.1) is 5.82 Å². The molecule has 26 heavy (non-hydrogen) atoms. The minimum absolute atomic E-state index is 0.00858. The highest BCUT2D eigenvalue weighted by Crippen LogP contribution is 2.37. The minimum atomic E-state index is -4.65. The fourth-order valence-corrected chi connectivity index (χ4v) is 2.88. The lowest BCUT2D eigenvalue weighted by Gasteiger charge is -2.17.